The number of nitrogens with zero attached hydrogens (tertiary/aromatic N) is 4. The van der Waals surface area contributed by atoms with Gasteiger partial charge < -0.3 is 10.0 Å². The molecule has 2 unspecified atom stereocenters. The summed E-state index contributed by atoms with van der Waals surface area (Å²) < 4.78 is 90.3. The van der Waals surface area contributed by atoms with Crippen molar-refractivity contribution in [1.82, 2.24) is 14.9 Å². The molecular weight excluding hydrogens is 483 g/mol. The van der Waals surface area contributed by atoms with Crippen LogP contribution in [0, 0.1) is 17.6 Å². The zero-order chi connectivity index (χ0) is 24.7. The number of anilines is 1. The molecule has 0 spiro atoms. The molecule has 1 aromatic heterocycles. The molecule has 0 amide bonds. The van der Waals surface area contributed by atoms with E-state index in [0.29, 0.717) is 6.20 Å². The Morgan fingerprint density at radius 3 is 2.35 bits per heavy atom. The van der Waals surface area contributed by atoms with E-state index in [9.17, 15) is 35.5 Å². The first kappa shape index (κ1) is 24.7. The van der Waals surface area contributed by atoms with Crippen LogP contribution in [0.4, 0.5) is 27.8 Å². The number of halogens is 5. The number of benzene rings is 1. The fraction of sp³-hybridized carbons (Fsp3) is 0.524. The van der Waals surface area contributed by atoms with Crippen LogP contribution in [-0.4, -0.2) is 65.8 Å². The average molecular weight is 506 g/mol. The van der Waals surface area contributed by atoms with Crippen molar-refractivity contribution in [2.75, 3.05) is 36.0 Å². The van der Waals surface area contributed by atoms with E-state index in [1.165, 1.54) is 6.07 Å². The minimum absolute atomic E-state index is 0.0463. The fourth-order valence-corrected chi connectivity index (χ4v) is 6.01. The summed E-state index contributed by atoms with van der Waals surface area (Å²) in [5.41, 5.74) is -1.04. The summed E-state index contributed by atoms with van der Waals surface area (Å²) in [5, 5.41) is 11.1. The van der Waals surface area contributed by atoms with Crippen LogP contribution in [0.5, 0.6) is 0 Å². The molecule has 2 atom stereocenters. The first-order valence-corrected chi connectivity index (χ1v) is 12.5. The lowest BCUT2D eigenvalue weighted by Gasteiger charge is -2.46. The lowest BCUT2D eigenvalue weighted by Crippen LogP contribution is -2.55. The molecule has 0 radical (unpaired) electrons. The highest BCUT2D eigenvalue weighted by atomic mass is 32.2. The third-order valence-electron chi connectivity index (χ3n) is 6.36. The standard InChI is InChI=1S/C21H23F5N4O3S/c22-14-1-2-15(16(23)9-14)17-12-29(19-11-27-18(10-28-19)21(24,25)26)5-6-30(17)20(31)13-3-7-34(32,33)8-4-13/h1-2,9-11,13,17,20,31H,3-8,12H2. The maximum Gasteiger partial charge on any atom is 0.434 e. The normalized spacial score (nSPS) is 23.1. The molecule has 0 bridgehead atoms. The fourth-order valence-electron chi connectivity index (χ4n) is 4.48. The Morgan fingerprint density at radius 1 is 1.06 bits per heavy atom. The third kappa shape index (κ3) is 5.31. The van der Waals surface area contributed by atoms with Crippen LogP contribution in [0.25, 0.3) is 0 Å². The maximum atomic E-state index is 14.7. The molecule has 34 heavy (non-hydrogen) atoms. The Hall–Kier alpha value is -2.38. The summed E-state index contributed by atoms with van der Waals surface area (Å²) in [6.45, 7) is 0.487. The number of hydrogen-bond donors (Lipinski definition) is 1. The largest absolute Gasteiger partial charge is 0.434 e. The summed E-state index contributed by atoms with van der Waals surface area (Å²) in [7, 11) is -3.15. The van der Waals surface area contributed by atoms with E-state index >= 15 is 0 Å². The molecule has 4 rings (SSSR count). The monoisotopic (exact) mass is 506 g/mol. The summed E-state index contributed by atoms with van der Waals surface area (Å²) in [6.07, 6.45) is -3.60. The predicted octanol–water partition coefficient (Wildman–Crippen LogP) is 2.78. The number of aliphatic hydroxyl groups is 1. The number of aliphatic hydroxyl groups excluding tert-OH is 1. The SMILES string of the molecule is O=S1(=O)CCC(C(O)N2CCN(c3cnc(C(F)(F)F)cn3)CC2c2ccc(F)cc2F)CC1. The van der Waals surface area contributed by atoms with Gasteiger partial charge in [0.15, 0.2) is 5.69 Å². The lowest BCUT2D eigenvalue weighted by molar-refractivity contribution is -0.141. The van der Waals surface area contributed by atoms with Gasteiger partial charge in [-0.1, -0.05) is 6.07 Å². The van der Waals surface area contributed by atoms with E-state index in [2.05, 4.69) is 9.97 Å². The van der Waals surface area contributed by atoms with Crippen molar-refractivity contribution in [3.8, 4) is 0 Å². The predicted molar refractivity (Wildman–Crippen MR) is 112 cm³/mol. The lowest BCUT2D eigenvalue weighted by atomic mass is 9.95. The number of hydrogen-bond acceptors (Lipinski definition) is 7. The smallest absolute Gasteiger partial charge is 0.378 e. The molecule has 2 saturated heterocycles. The van der Waals surface area contributed by atoms with Gasteiger partial charge in [0.2, 0.25) is 0 Å². The van der Waals surface area contributed by atoms with Gasteiger partial charge in [-0.2, -0.15) is 13.2 Å². The summed E-state index contributed by atoms with van der Waals surface area (Å²) >= 11 is 0. The zero-order valence-corrected chi connectivity index (χ0v) is 18.7. The first-order valence-electron chi connectivity index (χ1n) is 10.7. The number of sulfone groups is 1. The molecule has 3 heterocycles. The number of aromatic nitrogens is 2. The molecule has 2 aliphatic rings. The molecule has 186 valence electrons. The summed E-state index contributed by atoms with van der Waals surface area (Å²) in [6, 6.07) is 2.30. The van der Waals surface area contributed by atoms with E-state index in [0.717, 1.165) is 18.3 Å². The van der Waals surface area contributed by atoms with Crippen LogP contribution < -0.4 is 4.90 Å². The number of piperazine rings is 1. The van der Waals surface area contributed by atoms with Gasteiger partial charge in [-0.15, -0.1) is 0 Å². The van der Waals surface area contributed by atoms with Crippen LogP contribution in [0.2, 0.25) is 0 Å². The molecule has 1 N–H and O–H groups in total. The van der Waals surface area contributed by atoms with Crippen LogP contribution in [0.3, 0.4) is 0 Å². The van der Waals surface area contributed by atoms with Gasteiger partial charge in [0.1, 0.15) is 33.5 Å². The molecule has 2 aliphatic heterocycles. The van der Waals surface area contributed by atoms with Gasteiger partial charge in [-0.25, -0.2) is 27.2 Å². The van der Waals surface area contributed by atoms with E-state index in [1.807, 2.05) is 0 Å². The Kier molecular flexibility index (Phi) is 6.80. The second-order valence-corrected chi connectivity index (χ2v) is 10.8. The van der Waals surface area contributed by atoms with Crippen LogP contribution in [-0.2, 0) is 16.0 Å². The van der Waals surface area contributed by atoms with Gasteiger partial charge >= 0.3 is 6.18 Å². The summed E-state index contributed by atoms with van der Waals surface area (Å²) in [4.78, 5) is 10.5. The van der Waals surface area contributed by atoms with E-state index in [1.54, 1.807) is 9.80 Å². The van der Waals surface area contributed by atoms with Crippen LogP contribution >= 0.6 is 0 Å². The van der Waals surface area contributed by atoms with Crippen molar-refractivity contribution >= 4 is 15.7 Å². The summed E-state index contributed by atoms with van der Waals surface area (Å²) in [5.74, 6) is -1.90. The van der Waals surface area contributed by atoms with Gasteiger partial charge in [0.05, 0.1) is 29.9 Å². The molecule has 13 heteroatoms. The highest BCUT2D eigenvalue weighted by Gasteiger charge is 2.39. The molecule has 0 saturated carbocycles. The highest BCUT2D eigenvalue weighted by molar-refractivity contribution is 7.91. The van der Waals surface area contributed by atoms with Crippen molar-refractivity contribution < 1.29 is 35.5 Å². The molecule has 7 nitrogen and oxygen atoms in total. The van der Waals surface area contributed by atoms with E-state index in [4.69, 9.17) is 0 Å². The van der Waals surface area contributed by atoms with Gasteiger partial charge in [-0.05, 0) is 18.9 Å². The first-order chi connectivity index (χ1) is 15.9. The molecular formula is C21H23F5N4O3S. The molecule has 2 aromatic rings. The van der Waals surface area contributed by atoms with Crippen molar-refractivity contribution in [3.05, 3.63) is 53.5 Å². The maximum absolute atomic E-state index is 14.7. The van der Waals surface area contributed by atoms with Crippen LogP contribution in [0.1, 0.15) is 30.1 Å². The Bertz CT molecular complexity index is 1120. The van der Waals surface area contributed by atoms with E-state index in [-0.39, 0.29) is 61.3 Å². The topological polar surface area (TPSA) is 86.6 Å². The molecule has 2 fully saturated rings. The number of rotatable bonds is 4. The van der Waals surface area contributed by atoms with Gasteiger partial charge in [-0.3, -0.25) is 4.90 Å². The second-order valence-electron chi connectivity index (χ2n) is 8.53. The average Bonchev–Trinajstić information content (AvgIpc) is 2.78. The Balaban J connectivity index is 1.60. The Morgan fingerprint density at radius 2 is 1.76 bits per heavy atom. The minimum atomic E-state index is -4.64. The highest BCUT2D eigenvalue weighted by Crippen LogP contribution is 2.35. The third-order valence-corrected chi connectivity index (χ3v) is 8.07. The molecule has 0 aliphatic carbocycles. The van der Waals surface area contributed by atoms with Crippen molar-refractivity contribution in [2.24, 2.45) is 5.92 Å². The molecule has 1 aromatic carbocycles. The zero-order valence-electron chi connectivity index (χ0n) is 17.9. The van der Waals surface area contributed by atoms with Crippen molar-refractivity contribution in [3.63, 3.8) is 0 Å². The van der Waals surface area contributed by atoms with E-state index < -0.39 is 45.6 Å². The minimum Gasteiger partial charge on any atom is -0.378 e. The Labute approximate surface area is 193 Å². The van der Waals surface area contributed by atoms with Gasteiger partial charge in [0, 0.05) is 37.2 Å². The number of alkyl halides is 3. The second kappa shape index (κ2) is 9.34. The van der Waals surface area contributed by atoms with Crippen LogP contribution in [0.15, 0.2) is 30.6 Å². The quantitative estimate of drug-likeness (QED) is 0.639. The van der Waals surface area contributed by atoms with Crippen molar-refractivity contribution in [1.29, 1.82) is 0 Å². The van der Waals surface area contributed by atoms with Crippen molar-refractivity contribution in [2.45, 2.75) is 31.3 Å². The van der Waals surface area contributed by atoms with Gasteiger partial charge in [0.25, 0.3) is 0 Å².